The van der Waals surface area contributed by atoms with Gasteiger partial charge in [-0.15, -0.1) is 0 Å². The molecule has 0 amide bonds. The summed E-state index contributed by atoms with van der Waals surface area (Å²) in [4.78, 5) is 11.6. The summed E-state index contributed by atoms with van der Waals surface area (Å²) in [6.45, 7) is 1.66. The normalized spacial score (nSPS) is 15.9. The van der Waals surface area contributed by atoms with Crippen LogP contribution in [0.15, 0.2) is 36.4 Å². The van der Waals surface area contributed by atoms with E-state index in [1.807, 2.05) is 0 Å². The van der Waals surface area contributed by atoms with Gasteiger partial charge in [0.15, 0.2) is 11.5 Å². The van der Waals surface area contributed by atoms with Crippen LogP contribution >= 0.6 is 0 Å². The fraction of sp³-hybridized carbons (Fsp3) is 0.381. The van der Waals surface area contributed by atoms with Gasteiger partial charge in [0.1, 0.15) is 5.78 Å². The molecule has 0 saturated carbocycles. The number of hydrogen-bond acceptors (Lipinski definition) is 3. The smallest absolute Gasteiger partial charge is 0.161 e. The molecule has 1 atom stereocenters. The largest absolute Gasteiger partial charge is 0.493 e. The maximum atomic E-state index is 11.6. The van der Waals surface area contributed by atoms with Crippen molar-refractivity contribution in [3.05, 3.63) is 58.7 Å². The number of hydrogen-bond donors (Lipinski definition) is 0. The monoisotopic (exact) mass is 324 g/mol. The van der Waals surface area contributed by atoms with Gasteiger partial charge in [0, 0.05) is 12.3 Å². The second-order valence-electron chi connectivity index (χ2n) is 6.40. The predicted molar refractivity (Wildman–Crippen MR) is 95.2 cm³/mol. The lowest BCUT2D eigenvalue weighted by molar-refractivity contribution is -0.117. The molecule has 3 heteroatoms. The highest BCUT2D eigenvalue weighted by Gasteiger charge is 2.25. The molecular weight excluding hydrogens is 300 g/mol. The van der Waals surface area contributed by atoms with Gasteiger partial charge in [-0.1, -0.05) is 24.3 Å². The van der Waals surface area contributed by atoms with E-state index in [2.05, 4.69) is 36.4 Å². The first-order valence-corrected chi connectivity index (χ1v) is 8.46. The van der Waals surface area contributed by atoms with Crippen molar-refractivity contribution < 1.29 is 14.3 Å². The van der Waals surface area contributed by atoms with Gasteiger partial charge in [0.2, 0.25) is 0 Å². The van der Waals surface area contributed by atoms with E-state index in [0.29, 0.717) is 6.42 Å². The highest BCUT2D eigenvalue weighted by molar-refractivity contribution is 5.75. The first-order valence-electron chi connectivity index (χ1n) is 8.46. The van der Waals surface area contributed by atoms with Gasteiger partial charge < -0.3 is 14.3 Å². The van der Waals surface area contributed by atoms with Crippen LogP contribution in [-0.4, -0.2) is 20.0 Å². The first kappa shape index (κ1) is 16.6. The van der Waals surface area contributed by atoms with Gasteiger partial charge in [-0.25, -0.2) is 0 Å². The average Bonchev–Trinajstić information content (AvgIpc) is 2.75. The molecule has 0 fully saturated rings. The van der Waals surface area contributed by atoms with E-state index in [1.165, 1.54) is 22.3 Å². The van der Waals surface area contributed by atoms with E-state index in [1.54, 1.807) is 21.1 Å². The maximum absolute atomic E-state index is 11.6. The Hall–Kier alpha value is -2.29. The summed E-state index contributed by atoms with van der Waals surface area (Å²) >= 11 is 0. The van der Waals surface area contributed by atoms with Crippen molar-refractivity contribution in [3.63, 3.8) is 0 Å². The Morgan fingerprint density at radius 2 is 1.67 bits per heavy atom. The summed E-state index contributed by atoms with van der Waals surface area (Å²) in [5.74, 6) is 1.98. The Kier molecular flexibility index (Phi) is 4.89. The van der Waals surface area contributed by atoms with Crippen molar-refractivity contribution in [1.82, 2.24) is 0 Å². The zero-order valence-electron chi connectivity index (χ0n) is 14.6. The Labute approximate surface area is 143 Å². The molecule has 0 aliphatic heterocycles. The van der Waals surface area contributed by atoms with Crippen LogP contribution in [-0.2, 0) is 17.6 Å². The minimum atomic E-state index is 0.224. The fourth-order valence-corrected chi connectivity index (χ4v) is 3.67. The number of ketones is 1. The van der Waals surface area contributed by atoms with E-state index in [-0.39, 0.29) is 11.7 Å². The Morgan fingerprint density at radius 1 is 1.00 bits per heavy atom. The summed E-state index contributed by atoms with van der Waals surface area (Å²) in [5.41, 5.74) is 5.26. The van der Waals surface area contributed by atoms with Crippen molar-refractivity contribution >= 4 is 5.78 Å². The molecule has 24 heavy (non-hydrogen) atoms. The van der Waals surface area contributed by atoms with Crippen molar-refractivity contribution in [1.29, 1.82) is 0 Å². The second-order valence-corrected chi connectivity index (χ2v) is 6.40. The number of carbonyl (C=O) groups excluding carboxylic acids is 1. The molecule has 0 spiro atoms. The third-order valence-electron chi connectivity index (χ3n) is 4.90. The molecule has 2 aromatic carbocycles. The highest BCUT2D eigenvalue weighted by Crippen LogP contribution is 2.42. The number of ether oxygens (including phenoxy) is 2. The molecule has 0 heterocycles. The third kappa shape index (κ3) is 3.16. The molecule has 126 valence electrons. The zero-order chi connectivity index (χ0) is 17.1. The lowest BCUT2D eigenvalue weighted by Crippen LogP contribution is -2.07. The Morgan fingerprint density at radius 3 is 2.38 bits per heavy atom. The second kappa shape index (κ2) is 7.08. The fourth-order valence-electron chi connectivity index (χ4n) is 3.67. The molecule has 0 bridgehead atoms. The standard InChI is InChI=1S/C21H24O3/c1-14(22)8-11-18-17-7-5-4-6-15(17)9-10-16-12-20(23-2)21(24-3)13-19(16)18/h4-7,12-13,18H,8-11H2,1-3H3. The van der Waals surface area contributed by atoms with Crippen molar-refractivity contribution in [2.75, 3.05) is 14.2 Å². The summed E-state index contributed by atoms with van der Waals surface area (Å²) in [6, 6.07) is 12.8. The number of methoxy groups -OCH3 is 2. The number of aryl methyl sites for hydroxylation is 2. The summed E-state index contributed by atoms with van der Waals surface area (Å²) in [5, 5.41) is 0. The van der Waals surface area contributed by atoms with Gasteiger partial charge in [-0.2, -0.15) is 0 Å². The van der Waals surface area contributed by atoms with E-state index >= 15 is 0 Å². The molecule has 0 N–H and O–H groups in total. The lowest BCUT2D eigenvalue weighted by Gasteiger charge is -2.21. The molecule has 1 aliphatic rings. The van der Waals surface area contributed by atoms with Crippen LogP contribution in [0.25, 0.3) is 0 Å². The summed E-state index contributed by atoms with van der Waals surface area (Å²) in [7, 11) is 3.34. The van der Waals surface area contributed by atoms with Crippen molar-refractivity contribution in [3.8, 4) is 11.5 Å². The number of Topliss-reactive ketones (excluding diaryl/α,β-unsaturated/α-hetero) is 1. The molecule has 0 saturated heterocycles. The van der Waals surface area contributed by atoms with Crippen LogP contribution in [0.3, 0.4) is 0 Å². The van der Waals surface area contributed by atoms with Gasteiger partial charge in [-0.3, -0.25) is 0 Å². The summed E-state index contributed by atoms with van der Waals surface area (Å²) < 4.78 is 11.0. The van der Waals surface area contributed by atoms with E-state index in [0.717, 1.165) is 30.8 Å². The van der Waals surface area contributed by atoms with Crippen molar-refractivity contribution in [2.45, 2.75) is 38.5 Å². The molecule has 0 radical (unpaired) electrons. The number of rotatable bonds is 5. The van der Waals surface area contributed by atoms with E-state index in [9.17, 15) is 4.79 Å². The van der Waals surface area contributed by atoms with Crippen LogP contribution in [0, 0.1) is 0 Å². The summed E-state index contributed by atoms with van der Waals surface area (Å²) in [6.07, 6.45) is 3.40. The molecular formula is C21H24O3. The maximum Gasteiger partial charge on any atom is 0.161 e. The number of carbonyl (C=O) groups is 1. The topological polar surface area (TPSA) is 35.5 Å². The molecule has 3 nitrogen and oxygen atoms in total. The molecule has 3 rings (SSSR count). The van der Waals surface area contributed by atoms with E-state index in [4.69, 9.17) is 9.47 Å². The van der Waals surface area contributed by atoms with Crippen molar-refractivity contribution in [2.24, 2.45) is 0 Å². The Balaban J connectivity index is 2.13. The van der Waals surface area contributed by atoms with Crippen LogP contribution in [0.1, 0.15) is 47.9 Å². The third-order valence-corrected chi connectivity index (χ3v) is 4.90. The minimum absolute atomic E-state index is 0.224. The first-order chi connectivity index (χ1) is 11.6. The van der Waals surface area contributed by atoms with Crippen LogP contribution in [0.4, 0.5) is 0 Å². The average molecular weight is 324 g/mol. The van der Waals surface area contributed by atoms with Gasteiger partial charge in [-0.05, 0) is 60.6 Å². The van der Waals surface area contributed by atoms with E-state index < -0.39 is 0 Å². The Bertz CT molecular complexity index is 749. The molecule has 2 aromatic rings. The quantitative estimate of drug-likeness (QED) is 0.822. The number of benzene rings is 2. The van der Waals surface area contributed by atoms with Crippen LogP contribution in [0.5, 0.6) is 11.5 Å². The molecule has 1 aliphatic carbocycles. The molecule has 0 aromatic heterocycles. The molecule has 1 unspecified atom stereocenters. The lowest BCUT2D eigenvalue weighted by atomic mass is 9.84. The number of fused-ring (bicyclic) bond motifs is 2. The van der Waals surface area contributed by atoms with Crippen LogP contribution < -0.4 is 9.47 Å². The van der Waals surface area contributed by atoms with Gasteiger partial charge in [0.05, 0.1) is 14.2 Å². The highest BCUT2D eigenvalue weighted by atomic mass is 16.5. The minimum Gasteiger partial charge on any atom is -0.493 e. The zero-order valence-corrected chi connectivity index (χ0v) is 14.6. The van der Waals surface area contributed by atoms with Gasteiger partial charge >= 0.3 is 0 Å². The van der Waals surface area contributed by atoms with Crippen LogP contribution in [0.2, 0.25) is 0 Å². The SMILES string of the molecule is COc1cc2c(cc1OC)C(CCC(C)=O)c1ccccc1CC2. The predicted octanol–water partition coefficient (Wildman–Crippen LogP) is 4.30. The van der Waals surface area contributed by atoms with Gasteiger partial charge in [0.25, 0.3) is 0 Å².